The lowest BCUT2D eigenvalue weighted by Gasteiger charge is -2.28. The fourth-order valence-electron chi connectivity index (χ4n) is 6.84. The molecule has 0 amide bonds. The van der Waals surface area contributed by atoms with Crippen LogP contribution in [0.5, 0.6) is 5.75 Å². The molecule has 2 heteroatoms. The van der Waals surface area contributed by atoms with Crippen LogP contribution in [0.4, 0.5) is 4.39 Å². The van der Waals surface area contributed by atoms with E-state index in [-0.39, 0.29) is 6.67 Å². The zero-order valence-corrected chi connectivity index (χ0v) is 23.2. The Labute approximate surface area is 228 Å². The van der Waals surface area contributed by atoms with E-state index in [9.17, 15) is 9.50 Å². The van der Waals surface area contributed by atoms with E-state index in [1.54, 1.807) is 0 Å². The number of halogens is 1. The Balaban J connectivity index is 1.41. The molecule has 2 aliphatic carbocycles. The maximum absolute atomic E-state index is 12.4. The summed E-state index contributed by atoms with van der Waals surface area (Å²) in [5.74, 6) is 1.93. The first-order chi connectivity index (χ1) is 18.5. The molecule has 3 aromatic rings. The minimum atomic E-state index is -0.164. The van der Waals surface area contributed by atoms with Gasteiger partial charge in [0, 0.05) is 0 Å². The highest BCUT2D eigenvalue weighted by Crippen LogP contribution is 2.42. The van der Waals surface area contributed by atoms with E-state index >= 15 is 0 Å². The Morgan fingerprint density at radius 1 is 0.816 bits per heavy atom. The predicted octanol–water partition coefficient (Wildman–Crippen LogP) is 9.79. The van der Waals surface area contributed by atoms with Gasteiger partial charge in [-0.15, -0.1) is 0 Å². The number of unbranched alkanes of at least 4 members (excludes halogenated alkanes) is 1. The van der Waals surface area contributed by atoms with Crippen LogP contribution >= 0.6 is 0 Å². The number of benzene rings is 3. The van der Waals surface area contributed by atoms with Crippen LogP contribution in [0.2, 0.25) is 0 Å². The quantitative estimate of drug-likeness (QED) is 0.299. The average Bonchev–Trinajstić information content (AvgIpc) is 3.11. The lowest BCUT2D eigenvalue weighted by molar-refractivity contribution is 0.255. The molecule has 0 radical (unpaired) electrons. The number of hydrogen-bond donors (Lipinski definition) is 1. The highest BCUT2D eigenvalue weighted by molar-refractivity contribution is 6.00. The lowest BCUT2D eigenvalue weighted by Crippen LogP contribution is -2.16. The molecule has 0 unspecified atom stereocenters. The number of aryl methyl sites for hydroxylation is 2. The highest BCUT2D eigenvalue weighted by Gasteiger charge is 2.23. The second-order valence-corrected chi connectivity index (χ2v) is 11.8. The van der Waals surface area contributed by atoms with Crippen LogP contribution in [-0.2, 0) is 12.8 Å². The zero-order chi connectivity index (χ0) is 26.5. The molecule has 5 rings (SSSR count). The topological polar surface area (TPSA) is 20.2 Å². The molecule has 1 N–H and O–H groups in total. The number of phenols is 1. The average molecular weight is 511 g/mol. The van der Waals surface area contributed by atoms with E-state index in [0.29, 0.717) is 5.75 Å². The van der Waals surface area contributed by atoms with Gasteiger partial charge in [-0.25, -0.2) is 0 Å². The summed E-state index contributed by atoms with van der Waals surface area (Å²) >= 11 is 0. The largest absolute Gasteiger partial charge is 0.508 e. The Morgan fingerprint density at radius 3 is 2.34 bits per heavy atom. The van der Waals surface area contributed by atoms with Crippen molar-refractivity contribution in [2.45, 2.75) is 84.5 Å². The Kier molecular flexibility index (Phi) is 8.67. The molecule has 1 fully saturated rings. The maximum Gasteiger partial charge on any atom is 0.115 e. The normalized spacial score (nSPS) is 19.8. The molecule has 1 saturated carbocycles. The molecule has 0 bridgehead atoms. The molecule has 38 heavy (non-hydrogen) atoms. The van der Waals surface area contributed by atoms with Crippen LogP contribution in [0.15, 0.2) is 60.7 Å². The predicted molar refractivity (Wildman–Crippen MR) is 158 cm³/mol. The van der Waals surface area contributed by atoms with Gasteiger partial charge in [-0.1, -0.05) is 74.2 Å². The van der Waals surface area contributed by atoms with Gasteiger partial charge in [-0.2, -0.15) is 0 Å². The van der Waals surface area contributed by atoms with Crippen LogP contribution in [-0.4, -0.2) is 11.8 Å². The summed E-state index contributed by atoms with van der Waals surface area (Å²) in [4.78, 5) is 0. The SMILES string of the molecule is Cc1cccc(C2=C(c3ccc(CC4CCC(CCCCF)CC4)cc3)c3ccc(O)cc3CCC2)c1C. The molecule has 200 valence electrons. The van der Waals surface area contributed by atoms with Gasteiger partial charge in [0.2, 0.25) is 0 Å². The summed E-state index contributed by atoms with van der Waals surface area (Å²) < 4.78 is 12.4. The second-order valence-electron chi connectivity index (χ2n) is 11.8. The van der Waals surface area contributed by atoms with Crippen molar-refractivity contribution in [2.24, 2.45) is 11.8 Å². The van der Waals surface area contributed by atoms with Crippen molar-refractivity contribution in [3.05, 3.63) is 99.6 Å². The standard InChI is InChI=1S/C36H43FO/c1-25-7-5-10-33(26(25)2)35-11-6-9-31-24-32(38)20-21-34(31)36(35)30-18-16-29(17-19-30)23-28-14-12-27(13-15-28)8-3-4-22-37/h5,7,10,16-21,24,27-28,38H,3-4,6,8-9,11-15,22-23H2,1-2H3. The third-order valence-corrected chi connectivity index (χ3v) is 9.19. The molecule has 0 saturated heterocycles. The molecular weight excluding hydrogens is 467 g/mol. The monoisotopic (exact) mass is 510 g/mol. The van der Waals surface area contributed by atoms with Crippen molar-refractivity contribution in [1.82, 2.24) is 0 Å². The third-order valence-electron chi connectivity index (χ3n) is 9.19. The van der Waals surface area contributed by atoms with E-state index in [4.69, 9.17) is 0 Å². The fraction of sp³-hybridized carbons (Fsp3) is 0.444. The van der Waals surface area contributed by atoms with Crippen LogP contribution in [0.3, 0.4) is 0 Å². The molecule has 0 heterocycles. The summed E-state index contributed by atoms with van der Waals surface area (Å²) in [5.41, 5.74) is 12.0. The number of fused-ring (bicyclic) bond motifs is 1. The maximum atomic E-state index is 12.4. The minimum Gasteiger partial charge on any atom is -0.508 e. The van der Waals surface area contributed by atoms with Gasteiger partial charge < -0.3 is 5.11 Å². The third kappa shape index (κ3) is 6.06. The molecule has 0 aliphatic heterocycles. The number of phenolic OH excluding ortho intramolecular Hbond substituents is 1. The van der Waals surface area contributed by atoms with E-state index in [0.717, 1.165) is 50.4 Å². The lowest BCUT2D eigenvalue weighted by atomic mass is 9.77. The summed E-state index contributed by atoms with van der Waals surface area (Å²) in [7, 11) is 0. The van der Waals surface area contributed by atoms with Crippen molar-refractivity contribution < 1.29 is 9.50 Å². The summed E-state index contributed by atoms with van der Waals surface area (Å²) in [6, 6.07) is 22.0. The molecule has 0 atom stereocenters. The molecular formula is C36H43FO. The molecule has 0 spiro atoms. The van der Waals surface area contributed by atoms with Gasteiger partial charge in [0.1, 0.15) is 5.75 Å². The number of allylic oxidation sites excluding steroid dienone is 1. The number of alkyl halides is 1. The van der Waals surface area contributed by atoms with Gasteiger partial charge in [0.05, 0.1) is 6.67 Å². The summed E-state index contributed by atoms with van der Waals surface area (Å²) in [6.07, 6.45) is 12.5. The second kappa shape index (κ2) is 12.3. The van der Waals surface area contributed by atoms with Crippen LogP contribution in [0, 0.1) is 25.7 Å². The van der Waals surface area contributed by atoms with Gasteiger partial charge in [-0.3, -0.25) is 4.39 Å². The molecule has 3 aromatic carbocycles. The number of aromatic hydroxyl groups is 1. The Bertz CT molecular complexity index is 1260. The van der Waals surface area contributed by atoms with Crippen LogP contribution in [0.1, 0.15) is 96.7 Å². The minimum absolute atomic E-state index is 0.164. The Hall–Kier alpha value is -2.87. The van der Waals surface area contributed by atoms with Crippen LogP contribution < -0.4 is 0 Å². The van der Waals surface area contributed by atoms with E-state index in [1.165, 1.54) is 82.2 Å². The zero-order valence-electron chi connectivity index (χ0n) is 23.2. The first-order valence-electron chi connectivity index (χ1n) is 14.8. The van der Waals surface area contributed by atoms with Crippen molar-refractivity contribution in [2.75, 3.05) is 6.67 Å². The van der Waals surface area contributed by atoms with Crippen molar-refractivity contribution in [3.63, 3.8) is 0 Å². The molecule has 2 aliphatic rings. The van der Waals surface area contributed by atoms with Gasteiger partial charge in [0.15, 0.2) is 0 Å². The first kappa shape index (κ1) is 26.7. The van der Waals surface area contributed by atoms with Crippen molar-refractivity contribution >= 4 is 11.1 Å². The fourth-order valence-corrected chi connectivity index (χ4v) is 6.84. The number of rotatable bonds is 8. The number of hydrogen-bond acceptors (Lipinski definition) is 1. The van der Waals surface area contributed by atoms with E-state index < -0.39 is 0 Å². The molecule has 0 aromatic heterocycles. The van der Waals surface area contributed by atoms with Crippen molar-refractivity contribution in [1.29, 1.82) is 0 Å². The summed E-state index contributed by atoms with van der Waals surface area (Å²) in [5, 5.41) is 10.2. The van der Waals surface area contributed by atoms with Gasteiger partial charge >= 0.3 is 0 Å². The van der Waals surface area contributed by atoms with E-state index in [2.05, 4.69) is 62.4 Å². The van der Waals surface area contributed by atoms with Gasteiger partial charge in [-0.05, 0) is 133 Å². The first-order valence-corrected chi connectivity index (χ1v) is 14.8. The van der Waals surface area contributed by atoms with Gasteiger partial charge in [0.25, 0.3) is 0 Å². The summed E-state index contributed by atoms with van der Waals surface area (Å²) in [6.45, 7) is 4.29. The highest BCUT2D eigenvalue weighted by atomic mass is 19.1. The van der Waals surface area contributed by atoms with Crippen molar-refractivity contribution in [3.8, 4) is 5.75 Å². The smallest absolute Gasteiger partial charge is 0.115 e. The van der Waals surface area contributed by atoms with E-state index in [1.807, 2.05) is 12.1 Å². The Morgan fingerprint density at radius 2 is 1.58 bits per heavy atom. The molecule has 1 nitrogen and oxygen atoms in total. The van der Waals surface area contributed by atoms with Crippen LogP contribution in [0.25, 0.3) is 11.1 Å².